The molecule has 128 valence electrons. The first-order chi connectivity index (χ1) is 11.3. The molecule has 1 saturated carbocycles. The molecule has 2 heterocycles. The summed E-state index contributed by atoms with van der Waals surface area (Å²) in [7, 11) is 0. The van der Waals surface area contributed by atoms with E-state index in [1.165, 1.54) is 25.0 Å². The summed E-state index contributed by atoms with van der Waals surface area (Å²) in [4.78, 5) is 11.2. The molecule has 0 aromatic carbocycles. The number of hydrogen-bond acceptors (Lipinski definition) is 6. The van der Waals surface area contributed by atoms with Crippen LogP contribution in [0.2, 0.25) is 0 Å². The second kappa shape index (κ2) is 8.20. The van der Waals surface area contributed by atoms with E-state index in [1.54, 1.807) is 6.33 Å². The van der Waals surface area contributed by atoms with Gasteiger partial charge in [-0.3, -0.25) is 0 Å². The molecule has 23 heavy (non-hydrogen) atoms. The SMILES string of the molecule is CCSC1CCCC1Nc1cc(N2CCCC(CO)C2)ncn1. The monoisotopic (exact) mass is 336 g/mol. The lowest BCUT2D eigenvalue weighted by molar-refractivity contribution is 0.208. The zero-order valence-electron chi connectivity index (χ0n) is 13.9. The molecule has 2 N–H and O–H groups in total. The van der Waals surface area contributed by atoms with Crippen LogP contribution in [0.15, 0.2) is 12.4 Å². The van der Waals surface area contributed by atoms with Gasteiger partial charge in [-0.1, -0.05) is 13.3 Å². The summed E-state index contributed by atoms with van der Waals surface area (Å²) in [5.74, 6) is 3.47. The first kappa shape index (κ1) is 16.8. The van der Waals surface area contributed by atoms with Gasteiger partial charge in [0.1, 0.15) is 18.0 Å². The van der Waals surface area contributed by atoms with Crippen molar-refractivity contribution in [3.8, 4) is 0 Å². The first-order valence-electron chi connectivity index (χ1n) is 8.86. The minimum absolute atomic E-state index is 0.269. The minimum atomic E-state index is 0.269. The van der Waals surface area contributed by atoms with Gasteiger partial charge in [0, 0.05) is 37.1 Å². The lowest BCUT2D eigenvalue weighted by Crippen LogP contribution is -2.37. The highest BCUT2D eigenvalue weighted by Crippen LogP contribution is 2.32. The lowest BCUT2D eigenvalue weighted by Gasteiger charge is -2.32. The molecule has 0 bridgehead atoms. The smallest absolute Gasteiger partial charge is 0.134 e. The predicted octanol–water partition coefficient (Wildman–Crippen LogP) is 2.77. The van der Waals surface area contributed by atoms with Crippen LogP contribution < -0.4 is 10.2 Å². The number of hydrogen-bond donors (Lipinski definition) is 2. The highest BCUT2D eigenvalue weighted by Gasteiger charge is 2.27. The van der Waals surface area contributed by atoms with E-state index in [0.29, 0.717) is 17.2 Å². The zero-order valence-corrected chi connectivity index (χ0v) is 14.8. The summed E-state index contributed by atoms with van der Waals surface area (Å²) in [6, 6.07) is 2.60. The van der Waals surface area contributed by atoms with Gasteiger partial charge in [0.05, 0.1) is 0 Å². The largest absolute Gasteiger partial charge is 0.396 e. The molecule has 1 aromatic heterocycles. The Morgan fingerprint density at radius 2 is 2.22 bits per heavy atom. The van der Waals surface area contributed by atoms with Crippen molar-refractivity contribution >= 4 is 23.4 Å². The third-order valence-corrected chi connectivity index (χ3v) is 6.25. The van der Waals surface area contributed by atoms with Crippen molar-refractivity contribution in [3.05, 3.63) is 12.4 Å². The lowest BCUT2D eigenvalue weighted by atomic mass is 9.99. The van der Waals surface area contributed by atoms with Crippen molar-refractivity contribution in [1.82, 2.24) is 9.97 Å². The third-order valence-electron chi connectivity index (χ3n) is 4.92. The Kier molecular flexibility index (Phi) is 6.00. The number of aliphatic hydroxyl groups is 1. The van der Waals surface area contributed by atoms with Crippen LogP contribution in [0.25, 0.3) is 0 Å². The summed E-state index contributed by atoms with van der Waals surface area (Å²) in [6.07, 6.45) is 7.73. The summed E-state index contributed by atoms with van der Waals surface area (Å²) < 4.78 is 0. The predicted molar refractivity (Wildman–Crippen MR) is 97.2 cm³/mol. The number of thioether (sulfide) groups is 1. The number of piperidine rings is 1. The molecule has 0 radical (unpaired) electrons. The summed E-state index contributed by atoms with van der Waals surface area (Å²) in [6.45, 7) is 4.41. The number of aliphatic hydroxyl groups excluding tert-OH is 1. The fourth-order valence-corrected chi connectivity index (χ4v) is 4.91. The molecule has 0 amide bonds. The van der Waals surface area contributed by atoms with Crippen LogP contribution in [0.1, 0.15) is 39.0 Å². The van der Waals surface area contributed by atoms with Crippen LogP contribution in [0.4, 0.5) is 11.6 Å². The zero-order chi connectivity index (χ0) is 16.1. The normalized spacial score (nSPS) is 28.1. The maximum absolute atomic E-state index is 9.41. The fourth-order valence-electron chi connectivity index (χ4n) is 3.72. The van der Waals surface area contributed by atoms with E-state index in [-0.39, 0.29) is 6.61 Å². The van der Waals surface area contributed by atoms with Crippen LogP contribution >= 0.6 is 11.8 Å². The highest BCUT2D eigenvalue weighted by molar-refractivity contribution is 7.99. The number of aromatic nitrogens is 2. The van der Waals surface area contributed by atoms with Crippen LogP contribution in [0.3, 0.4) is 0 Å². The average Bonchev–Trinajstić information content (AvgIpc) is 3.02. The van der Waals surface area contributed by atoms with Gasteiger partial charge in [-0.2, -0.15) is 11.8 Å². The minimum Gasteiger partial charge on any atom is -0.396 e. The van der Waals surface area contributed by atoms with E-state index < -0.39 is 0 Å². The van der Waals surface area contributed by atoms with Crippen molar-refractivity contribution in [2.24, 2.45) is 5.92 Å². The molecule has 1 aliphatic carbocycles. The highest BCUT2D eigenvalue weighted by atomic mass is 32.2. The molecule has 1 aliphatic heterocycles. The Bertz CT molecular complexity index is 501. The molecule has 3 unspecified atom stereocenters. The number of anilines is 2. The molecular formula is C17H28N4OS. The summed E-state index contributed by atoms with van der Waals surface area (Å²) in [5, 5.41) is 13.7. The molecule has 6 heteroatoms. The van der Waals surface area contributed by atoms with E-state index >= 15 is 0 Å². The Balaban J connectivity index is 1.65. The molecule has 5 nitrogen and oxygen atoms in total. The van der Waals surface area contributed by atoms with Gasteiger partial charge < -0.3 is 15.3 Å². The Hall–Kier alpha value is -1.01. The van der Waals surface area contributed by atoms with E-state index in [4.69, 9.17) is 0 Å². The van der Waals surface area contributed by atoms with E-state index in [2.05, 4.69) is 44.9 Å². The van der Waals surface area contributed by atoms with Crippen LogP contribution in [0, 0.1) is 5.92 Å². The van der Waals surface area contributed by atoms with Crippen LogP contribution in [-0.4, -0.2) is 51.8 Å². The van der Waals surface area contributed by atoms with Gasteiger partial charge >= 0.3 is 0 Å². The van der Waals surface area contributed by atoms with Crippen molar-refractivity contribution in [2.45, 2.75) is 50.3 Å². The molecule has 2 aliphatic rings. The van der Waals surface area contributed by atoms with Gasteiger partial charge in [-0.15, -0.1) is 0 Å². The Morgan fingerprint density at radius 3 is 3.04 bits per heavy atom. The number of nitrogens with one attached hydrogen (secondary N) is 1. The first-order valence-corrected chi connectivity index (χ1v) is 9.91. The molecule has 0 spiro atoms. The molecule has 2 fully saturated rings. The molecule has 3 atom stereocenters. The fraction of sp³-hybridized carbons (Fsp3) is 0.765. The maximum atomic E-state index is 9.41. The van der Waals surface area contributed by atoms with Gasteiger partial charge in [0.15, 0.2) is 0 Å². The second-order valence-electron chi connectivity index (χ2n) is 6.57. The van der Waals surface area contributed by atoms with E-state index in [0.717, 1.165) is 37.6 Å². The molecule has 1 saturated heterocycles. The molecule has 1 aromatic rings. The van der Waals surface area contributed by atoms with Crippen molar-refractivity contribution in [2.75, 3.05) is 35.7 Å². The van der Waals surface area contributed by atoms with Gasteiger partial charge in [0.25, 0.3) is 0 Å². The van der Waals surface area contributed by atoms with Crippen molar-refractivity contribution < 1.29 is 5.11 Å². The van der Waals surface area contributed by atoms with Gasteiger partial charge in [-0.25, -0.2) is 9.97 Å². The van der Waals surface area contributed by atoms with Gasteiger partial charge in [0.2, 0.25) is 0 Å². The van der Waals surface area contributed by atoms with Crippen LogP contribution in [-0.2, 0) is 0 Å². The summed E-state index contributed by atoms with van der Waals surface area (Å²) >= 11 is 2.06. The quantitative estimate of drug-likeness (QED) is 0.833. The molecular weight excluding hydrogens is 308 g/mol. The average molecular weight is 337 g/mol. The Morgan fingerprint density at radius 1 is 1.30 bits per heavy atom. The van der Waals surface area contributed by atoms with Gasteiger partial charge in [-0.05, 0) is 37.4 Å². The number of rotatable bonds is 6. The number of nitrogens with zero attached hydrogens (tertiary/aromatic N) is 3. The van der Waals surface area contributed by atoms with Crippen LogP contribution in [0.5, 0.6) is 0 Å². The standard InChI is InChI=1S/C17H28N4OS/c1-2-23-15-7-3-6-14(15)20-16-9-17(19-12-18-16)21-8-4-5-13(10-21)11-22/h9,12-15,22H,2-8,10-11H2,1H3,(H,18,19,20). The Labute approximate surface area is 143 Å². The topological polar surface area (TPSA) is 61.3 Å². The third kappa shape index (κ3) is 4.29. The maximum Gasteiger partial charge on any atom is 0.134 e. The van der Waals surface area contributed by atoms with E-state index in [9.17, 15) is 5.11 Å². The van der Waals surface area contributed by atoms with Crippen molar-refractivity contribution in [3.63, 3.8) is 0 Å². The molecule has 3 rings (SSSR count). The summed E-state index contributed by atoms with van der Waals surface area (Å²) in [5.41, 5.74) is 0. The second-order valence-corrected chi connectivity index (χ2v) is 8.09. The van der Waals surface area contributed by atoms with Crippen molar-refractivity contribution in [1.29, 1.82) is 0 Å². The van der Waals surface area contributed by atoms with E-state index in [1.807, 2.05) is 0 Å².